The van der Waals surface area contributed by atoms with Crippen molar-refractivity contribution in [3.05, 3.63) is 29.8 Å². The van der Waals surface area contributed by atoms with Gasteiger partial charge in [0, 0.05) is 5.56 Å². The van der Waals surface area contributed by atoms with Gasteiger partial charge in [-0.3, -0.25) is 0 Å². The molecule has 2 rings (SSSR count). The quantitative estimate of drug-likeness (QED) is 0.891. The Hall–Kier alpha value is -0.710. The van der Waals surface area contributed by atoms with E-state index in [9.17, 15) is 5.11 Å². The molecule has 4 heteroatoms. The van der Waals surface area contributed by atoms with Crippen molar-refractivity contribution in [3.63, 3.8) is 0 Å². The molecule has 18 heavy (non-hydrogen) atoms. The van der Waals surface area contributed by atoms with E-state index in [-0.39, 0.29) is 18.8 Å². The molecule has 1 heterocycles. The van der Waals surface area contributed by atoms with Crippen LogP contribution in [0.4, 0.5) is 0 Å². The second-order valence-electron chi connectivity index (χ2n) is 4.36. The molecule has 1 fully saturated rings. The smallest absolute Gasteiger partial charge is 0.124 e. The number of hydrogen-bond donors (Lipinski definition) is 1. The minimum atomic E-state index is -0.283. The van der Waals surface area contributed by atoms with E-state index in [0.29, 0.717) is 0 Å². The van der Waals surface area contributed by atoms with Crippen molar-refractivity contribution in [1.29, 1.82) is 0 Å². The number of ether oxygens (including phenoxy) is 2. The van der Waals surface area contributed by atoms with Crippen LogP contribution in [0, 0.1) is 0 Å². The summed E-state index contributed by atoms with van der Waals surface area (Å²) >= 11 is 1.97. The van der Waals surface area contributed by atoms with E-state index in [1.807, 2.05) is 36.0 Å². The molecule has 0 spiro atoms. The van der Waals surface area contributed by atoms with Crippen molar-refractivity contribution >= 4 is 11.8 Å². The van der Waals surface area contributed by atoms with Gasteiger partial charge in [-0.2, -0.15) is 11.8 Å². The SMILES string of the molecule is COc1ccccc1[C@H](CO)OC1CCSCC1. The highest BCUT2D eigenvalue weighted by Crippen LogP contribution is 2.31. The maximum atomic E-state index is 9.54. The van der Waals surface area contributed by atoms with E-state index in [4.69, 9.17) is 9.47 Å². The Morgan fingerprint density at radius 3 is 2.72 bits per heavy atom. The number of aliphatic hydroxyl groups excluding tert-OH is 1. The Balaban J connectivity index is 2.07. The van der Waals surface area contributed by atoms with Crippen molar-refractivity contribution < 1.29 is 14.6 Å². The lowest BCUT2D eigenvalue weighted by Gasteiger charge is -2.27. The van der Waals surface area contributed by atoms with Crippen LogP contribution in [0.25, 0.3) is 0 Å². The molecule has 1 aromatic rings. The van der Waals surface area contributed by atoms with Crippen LogP contribution in [-0.4, -0.2) is 36.4 Å². The zero-order valence-electron chi connectivity index (χ0n) is 10.7. The monoisotopic (exact) mass is 268 g/mol. The molecule has 0 unspecified atom stereocenters. The predicted octanol–water partition coefficient (Wildman–Crippen LogP) is 2.64. The number of thioether (sulfide) groups is 1. The van der Waals surface area contributed by atoms with E-state index in [1.165, 1.54) is 0 Å². The molecule has 0 amide bonds. The fourth-order valence-corrected chi connectivity index (χ4v) is 3.25. The summed E-state index contributed by atoms with van der Waals surface area (Å²) in [5.41, 5.74) is 0.931. The molecule has 0 radical (unpaired) electrons. The van der Waals surface area contributed by atoms with Gasteiger partial charge in [-0.15, -0.1) is 0 Å². The molecule has 1 aliphatic rings. The highest BCUT2D eigenvalue weighted by Gasteiger charge is 2.22. The van der Waals surface area contributed by atoms with Gasteiger partial charge in [-0.05, 0) is 30.4 Å². The number of rotatable bonds is 5. The number of benzene rings is 1. The molecular weight excluding hydrogens is 248 g/mol. The van der Waals surface area contributed by atoms with Crippen LogP contribution >= 0.6 is 11.8 Å². The van der Waals surface area contributed by atoms with E-state index in [1.54, 1.807) is 7.11 Å². The number of aliphatic hydroxyl groups is 1. The lowest BCUT2D eigenvalue weighted by molar-refractivity contribution is -0.0447. The molecule has 100 valence electrons. The van der Waals surface area contributed by atoms with Gasteiger partial charge in [0.1, 0.15) is 11.9 Å². The third kappa shape index (κ3) is 3.40. The van der Waals surface area contributed by atoms with Gasteiger partial charge >= 0.3 is 0 Å². The second-order valence-corrected chi connectivity index (χ2v) is 5.59. The summed E-state index contributed by atoms with van der Waals surface area (Å²) in [4.78, 5) is 0. The van der Waals surface area contributed by atoms with Gasteiger partial charge in [-0.1, -0.05) is 18.2 Å². The van der Waals surface area contributed by atoms with Gasteiger partial charge in [0.05, 0.1) is 19.8 Å². The van der Waals surface area contributed by atoms with Crippen molar-refractivity contribution in [2.75, 3.05) is 25.2 Å². The normalized spacial score (nSPS) is 18.6. The van der Waals surface area contributed by atoms with Crippen LogP contribution in [0.2, 0.25) is 0 Å². The average Bonchev–Trinajstić information content (AvgIpc) is 2.46. The molecule has 0 saturated carbocycles. The molecule has 0 bridgehead atoms. The lowest BCUT2D eigenvalue weighted by Crippen LogP contribution is -2.23. The Labute approximate surface area is 112 Å². The van der Waals surface area contributed by atoms with E-state index in [2.05, 4.69) is 0 Å². The average molecular weight is 268 g/mol. The Morgan fingerprint density at radius 1 is 1.33 bits per heavy atom. The zero-order chi connectivity index (χ0) is 12.8. The molecule has 1 N–H and O–H groups in total. The van der Waals surface area contributed by atoms with Crippen LogP contribution in [0.15, 0.2) is 24.3 Å². The molecule has 1 saturated heterocycles. The second kappa shape index (κ2) is 7.02. The first kappa shape index (κ1) is 13.7. The third-order valence-corrected chi connectivity index (χ3v) is 4.23. The fraction of sp³-hybridized carbons (Fsp3) is 0.571. The van der Waals surface area contributed by atoms with Crippen molar-refractivity contribution in [2.45, 2.75) is 25.0 Å². The molecule has 1 aromatic carbocycles. The van der Waals surface area contributed by atoms with Crippen molar-refractivity contribution in [3.8, 4) is 5.75 Å². The van der Waals surface area contributed by atoms with Gasteiger partial charge in [0.25, 0.3) is 0 Å². The molecule has 0 aromatic heterocycles. The van der Waals surface area contributed by atoms with Crippen LogP contribution in [-0.2, 0) is 4.74 Å². The summed E-state index contributed by atoms with van der Waals surface area (Å²) in [6.07, 6.45) is 2.11. The Morgan fingerprint density at radius 2 is 2.06 bits per heavy atom. The van der Waals surface area contributed by atoms with Crippen LogP contribution in [0.1, 0.15) is 24.5 Å². The highest BCUT2D eigenvalue weighted by molar-refractivity contribution is 7.99. The molecule has 1 aliphatic heterocycles. The van der Waals surface area contributed by atoms with Gasteiger partial charge < -0.3 is 14.6 Å². The minimum absolute atomic E-state index is 0.00990. The predicted molar refractivity (Wildman–Crippen MR) is 74.3 cm³/mol. The van der Waals surface area contributed by atoms with Crippen molar-refractivity contribution in [1.82, 2.24) is 0 Å². The van der Waals surface area contributed by atoms with E-state index < -0.39 is 0 Å². The number of hydrogen-bond acceptors (Lipinski definition) is 4. The Kier molecular flexibility index (Phi) is 5.35. The standard InChI is InChI=1S/C14H20O3S/c1-16-13-5-3-2-4-12(13)14(10-15)17-11-6-8-18-9-7-11/h2-5,11,14-15H,6-10H2,1H3/t14-/m0/s1. The van der Waals surface area contributed by atoms with Gasteiger partial charge in [0.2, 0.25) is 0 Å². The zero-order valence-corrected chi connectivity index (χ0v) is 11.5. The third-order valence-electron chi connectivity index (χ3n) is 3.18. The van der Waals surface area contributed by atoms with Gasteiger partial charge in [0.15, 0.2) is 0 Å². The largest absolute Gasteiger partial charge is 0.496 e. The van der Waals surface area contributed by atoms with Crippen LogP contribution in [0.5, 0.6) is 5.75 Å². The molecule has 0 aliphatic carbocycles. The topological polar surface area (TPSA) is 38.7 Å². The van der Waals surface area contributed by atoms with Crippen LogP contribution < -0.4 is 4.74 Å². The molecule has 1 atom stereocenters. The molecule has 3 nitrogen and oxygen atoms in total. The maximum Gasteiger partial charge on any atom is 0.124 e. The summed E-state index contributed by atoms with van der Waals surface area (Å²) in [7, 11) is 1.64. The number of methoxy groups -OCH3 is 1. The van der Waals surface area contributed by atoms with E-state index >= 15 is 0 Å². The first-order valence-corrected chi connectivity index (χ1v) is 7.47. The first-order chi connectivity index (χ1) is 8.85. The fourth-order valence-electron chi connectivity index (χ4n) is 2.19. The lowest BCUT2D eigenvalue weighted by atomic mass is 10.1. The summed E-state index contributed by atoms with van der Waals surface area (Å²) in [5, 5.41) is 9.54. The van der Waals surface area contributed by atoms with Crippen molar-refractivity contribution in [2.24, 2.45) is 0 Å². The highest BCUT2D eigenvalue weighted by atomic mass is 32.2. The minimum Gasteiger partial charge on any atom is -0.496 e. The summed E-state index contributed by atoms with van der Waals surface area (Å²) < 4.78 is 11.3. The molecular formula is C14H20O3S. The maximum absolute atomic E-state index is 9.54. The Bertz CT molecular complexity index is 364. The van der Waals surface area contributed by atoms with E-state index in [0.717, 1.165) is 35.7 Å². The number of para-hydroxylation sites is 1. The summed E-state index contributed by atoms with van der Waals surface area (Å²) in [5.74, 6) is 3.07. The first-order valence-electron chi connectivity index (χ1n) is 6.32. The van der Waals surface area contributed by atoms with Crippen LogP contribution in [0.3, 0.4) is 0 Å². The van der Waals surface area contributed by atoms with Gasteiger partial charge in [-0.25, -0.2) is 0 Å². The summed E-state index contributed by atoms with van der Waals surface area (Å²) in [6.45, 7) is -0.00990. The summed E-state index contributed by atoms with van der Waals surface area (Å²) in [6, 6.07) is 7.73.